The van der Waals surface area contributed by atoms with Crippen molar-refractivity contribution in [2.75, 3.05) is 6.54 Å². The molecule has 1 aliphatic heterocycles. The molecule has 0 radical (unpaired) electrons. The van der Waals surface area contributed by atoms with Gasteiger partial charge in [-0.2, -0.15) is 0 Å². The van der Waals surface area contributed by atoms with E-state index in [-0.39, 0.29) is 0 Å². The lowest BCUT2D eigenvalue weighted by Gasteiger charge is -2.49. The second kappa shape index (κ2) is 5.01. The highest BCUT2D eigenvalue weighted by atomic mass is 16.3. The van der Waals surface area contributed by atoms with Gasteiger partial charge in [0.1, 0.15) is 5.75 Å². The summed E-state index contributed by atoms with van der Waals surface area (Å²) in [5, 5.41) is 13.4. The zero-order valence-electron chi connectivity index (χ0n) is 11.4. The van der Waals surface area contributed by atoms with E-state index in [1.54, 1.807) is 6.07 Å². The third-order valence-electron chi connectivity index (χ3n) is 5.00. The molecule has 1 saturated heterocycles. The molecule has 1 saturated carbocycles. The molecular weight excluding hydrogens is 234 g/mol. The van der Waals surface area contributed by atoms with Crippen LogP contribution < -0.4 is 5.32 Å². The number of nitrogens with one attached hydrogen (secondary N) is 1. The van der Waals surface area contributed by atoms with Crippen LogP contribution in [-0.2, 0) is 0 Å². The number of hydrogen-bond donors (Lipinski definition) is 2. The van der Waals surface area contributed by atoms with Crippen LogP contribution in [-0.4, -0.2) is 17.2 Å². The average Bonchev–Trinajstić information content (AvgIpc) is 2.39. The van der Waals surface area contributed by atoms with Gasteiger partial charge >= 0.3 is 0 Å². The minimum atomic E-state index is 0.304. The van der Waals surface area contributed by atoms with Gasteiger partial charge in [0.05, 0.1) is 0 Å². The van der Waals surface area contributed by atoms with Gasteiger partial charge in [0.2, 0.25) is 0 Å². The van der Waals surface area contributed by atoms with E-state index in [9.17, 15) is 5.11 Å². The molecule has 2 heteroatoms. The molecule has 1 aromatic carbocycles. The topological polar surface area (TPSA) is 32.3 Å². The van der Waals surface area contributed by atoms with Crippen LogP contribution in [0.3, 0.4) is 0 Å². The fourth-order valence-corrected chi connectivity index (χ4v) is 4.13. The van der Waals surface area contributed by atoms with Crippen molar-refractivity contribution >= 4 is 0 Å². The highest BCUT2D eigenvalue weighted by Gasteiger charge is 2.42. The van der Waals surface area contributed by atoms with E-state index in [0.717, 1.165) is 18.9 Å². The molecule has 102 valence electrons. The Hall–Kier alpha value is -1.28. The van der Waals surface area contributed by atoms with E-state index in [4.69, 9.17) is 0 Å². The molecule has 0 spiro atoms. The van der Waals surface area contributed by atoms with Crippen molar-refractivity contribution in [2.24, 2.45) is 5.92 Å². The number of hydrogen-bond acceptors (Lipinski definition) is 2. The molecule has 1 aliphatic carbocycles. The Labute approximate surface area is 115 Å². The summed E-state index contributed by atoms with van der Waals surface area (Å²) in [7, 11) is 0. The molecule has 2 fully saturated rings. The summed E-state index contributed by atoms with van der Waals surface area (Å²) in [6.45, 7) is 5.03. The first-order valence-electron chi connectivity index (χ1n) is 7.37. The second-order valence-corrected chi connectivity index (χ2v) is 6.19. The van der Waals surface area contributed by atoms with Crippen LogP contribution in [0, 0.1) is 5.92 Å². The Morgan fingerprint density at radius 1 is 1.42 bits per heavy atom. The summed E-state index contributed by atoms with van der Waals surface area (Å²) in [4.78, 5) is 0. The predicted molar refractivity (Wildman–Crippen MR) is 78.4 cm³/mol. The summed E-state index contributed by atoms with van der Waals surface area (Å²) in [6, 6.07) is 7.86. The molecule has 2 aliphatic rings. The number of benzene rings is 1. The van der Waals surface area contributed by atoms with E-state index < -0.39 is 0 Å². The third kappa shape index (κ3) is 2.42. The molecule has 2 nitrogen and oxygen atoms in total. The molecule has 2 bridgehead atoms. The standard InChI is InChI=1S/C17H23NO/c1-2-8-17-9-6-16(14(12-17)7-10-18-17)13-4-3-5-15(19)11-13/h2-5,11,14,16,18-19H,1,6-10,12H2. The number of phenolic OH excluding ortho intramolecular Hbond substituents is 1. The maximum Gasteiger partial charge on any atom is 0.115 e. The number of aromatic hydroxyl groups is 1. The molecule has 1 aromatic rings. The summed E-state index contributed by atoms with van der Waals surface area (Å²) in [6.07, 6.45) is 8.07. The van der Waals surface area contributed by atoms with Gasteiger partial charge in [-0.25, -0.2) is 0 Å². The third-order valence-corrected chi connectivity index (χ3v) is 5.00. The van der Waals surface area contributed by atoms with Crippen LogP contribution >= 0.6 is 0 Å². The summed E-state index contributed by atoms with van der Waals surface area (Å²) in [5.41, 5.74) is 1.62. The minimum absolute atomic E-state index is 0.304. The van der Waals surface area contributed by atoms with Gasteiger partial charge in [-0.05, 0) is 68.2 Å². The van der Waals surface area contributed by atoms with Crippen LogP contribution in [0.2, 0.25) is 0 Å². The highest BCUT2D eigenvalue weighted by molar-refractivity contribution is 5.31. The Morgan fingerprint density at radius 2 is 2.32 bits per heavy atom. The molecule has 3 atom stereocenters. The Balaban J connectivity index is 1.82. The van der Waals surface area contributed by atoms with E-state index in [0.29, 0.717) is 17.2 Å². The number of piperidine rings is 1. The number of phenols is 1. The highest BCUT2D eigenvalue weighted by Crippen LogP contribution is 2.47. The lowest BCUT2D eigenvalue weighted by molar-refractivity contribution is 0.111. The lowest BCUT2D eigenvalue weighted by Crippen LogP contribution is -2.54. The predicted octanol–water partition coefficient (Wildman–Crippen LogP) is 3.58. The van der Waals surface area contributed by atoms with Gasteiger partial charge in [-0.3, -0.25) is 0 Å². The first kappa shape index (κ1) is 12.7. The van der Waals surface area contributed by atoms with Crippen molar-refractivity contribution in [3.63, 3.8) is 0 Å². The molecular formula is C17H23NO. The van der Waals surface area contributed by atoms with Crippen LogP contribution in [0.1, 0.15) is 43.6 Å². The van der Waals surface area contributed by atoms with Crippen LogP contribution in [0.25, 0.3) is 0 Å². The zero-order chi connectivity index (χ0) is 13.3. The normalized spacial score (nSPS) is 33.9. The maximum atomic E-state index is 9.68. The van der Waals surface area contributed by atoms with Gasteiger partial charge in [0.25, 0.3) is 0 Å². The van der Waals surface area contributed by atoms with Crippen molar-refractivity contribution in [3.05, 3.63) is 42.5 Å². The molecule has 3 unspecified atom stereocenters. The van der Waals surface area contributed by atoms with Crippen molar-refractivity contribution in [1.29, 1.82) is 0 Å². The van der Waals surface area contributed by atoms with Gasteiger partial charge < -0.3 is 10.4 Å². The maximum absolute atomic E-state index is 9.68. The van der Waals surface area contributed by atoms with Gasteiger partial charge in [0, 0.05) is 5.54 Å². The Kier molecular flexibility index (Phi) is 3.36. The number of rotatable bonds is 3. The second-order valence-electron chi connectivity index (χ2n) is 6.19. The van der Waals surface area contributed by atoms with Crippen LogP contribution in [0.5, 0.6) is 5.75 Å². The van der Waals surface area contributed by atoms with Crippen LogP contribution in [0.15, 0.2) is 36.9 Å². The summed E-state index contributed by atoms with van der Waals surface area (Å²) < 4.78 is 0. The van der Waals surface area contributed by atoms with E-state index >= 15 is 0 Å². The first-order valence-corrected chi connectivity index (χ1v) is 7.37. The van der Waals surface area contributed by atoms with Crippen molar-refractivity contribution < 1.29 is 5.11 Å². The zero-order valence-corrected chi connectivity index (χ0v) is 11.4. The van der Waals surface area contributed by atoms with Crippen molar-refractivity contribution in [2.45, 2.75) is 43.6 Å². The minimum Gasteiger partial charge on any atom is -0.508 e. The molecule has 19 heavy (non-hydrogen) atoms. The van der Waals surface area contributed by atoms with Gasteiger partial charge in [0.15, 0.2) is 0 Å². The van der Waals surface area contributed by atoms with Gasteiger partial charge in [-0.1, -0.05) is 18.2 Å². The average molecular weight is 257 g/mol. The fraction of sp³-hybridized carbons (Fsp3) is 0.529. The lowest BCUT2D eigenvalue weighted by atomic mass is 9.63. The molecule has 2 N–H and O–H groups in total. The Bertz CT molecular complexity index is 470. The van der Waals surface area contributed by atoms with Gasteiger partial charge in [-0.15, -0.1) is 6.58 Å². The Morgan fingerprint density at radius 3 is 3.11 bits per heavy atom. The largest absolute Gasteiger partial charge is 0.508 e. The molecule has 3 rings (SSSR count). The fourth-order valence-electron chi connectivity index (χ4n) is 4.13. The van der Waals surface area contributed by atoms with E-state index in [1.807, 2.05) is 12.1 Å². The quantitative estimate of drug-likeness (QED) is 0.811. The summed E-state index contributed by atoms with van der Waals surface area (Å²) in [5.74, 6) is 1.76. The summed E-state index contributed by atoms with van der Waals surface area (Å²) >= 11 is 0. The number of fused-ring (bicyclic) bond motifs is 2. The van der Waals surface area contributed by atoms with Crippen molar-refractivity contribution in [3.8, 4) is 5.75 Å². The van der Waals surface area contributed by atoms with E-state index in [1.165, 1.54) is 31.2 Å². The van der Waals surface area contributed by atoms with Crippen LogP contribution in [0.4, 0.5) is 0 Å². The van der Waals surface area contributed by atoms with E-state index in [2.05, 4.69) is 24.0 Å². The first-order chi connectivity index (χ1) is 9.22. The molecule has 0 aromatic heterocycles. The monoisotopic (exact) mass is 257 g/mol. The van der Waals surface area contributed by atoms with Crippen molar-refractivity contribution in [1.82, 2.24) is 5.32 Å². The SMILES string of the molecule is C=CCC12CCC(c3cccc(O)c3)C(CCN1)C2. The smallest absolute Gasteiger partial charge is 0.115 e. The molecule has 1 heterocycles. The molecule has 0 amide bonds.